The fraction of sp³-hybridized carbons (Fsp3) is 0.0667. The van der Waals surface area contributed by atoms with Crippen molar-refractivity contribution in [1.29, 1.82) is 0 Å². The molecule has 0 spiro atoms. The van der Waals surface area contributed by atoms with Crippen molar-refractivity contribution in [2.24, 2.45) is 5.10 Å². The lowest BCUT2D eigenvalue weighted by Gasteiger charge is -2.11. The molecule has 4 aromatic carbocycles. The van der Waals surface area contributed by atoms with Crippen molar-refractivity contribution in [2.45, 2.75) is 0 Å². The van der Waals surface area contributed by atoms with E-state index in [4.69, 9.17) is 42.1 Å². The third-order valence-electron chi connectivity index (χ3n) is 5.38. The highest BCUT2D eigenvalue weighted by molar-refractivity contribution is 6.31. The molecule has 0 aliphatic heterocycles. The molecule has 1 amide bonds. The van der Waals surface area contributed by atoms with Crippen LogP contribution in [0, 0.1) is 0 Å². The van der Waals surface area contributed by atoms with E-state index < -0.39 is 17.8 Å². The van der Waals surface area contributed by atoms with Gasteiger partial charge in [-0.25, -0.2) is 15.0 Å². The first kappa shape index (κ1) is 29.1. The molecule has 0 saturated heterocycles. The Bertz CT molecular complexity index is 1560. The molecule has 0 aromatic heterocycles. The van der Waals surface area contributed by atoms with Crippen LogP contribution in [0.25, 0.3) is 0 Å². The molecular weight excluding hydrogens is 571 g/mol. The maximum absolute atomic E-state index is 12.8. The third kappa shape index (κ3) is 8.56. The molecule has 4 rings (SSSR count). The smallest absolute Gasteiger partial charge is 0.343 e. The second-order valence-corrected chi connectivity index (χ2v) is 9.12. The van der Waals surface area contributed by atoms with Crippen molar-refractivity contribution in [1.82, 2.24) is 5.43 Å². The van der Waals surface area contributed by atoms with Gasteiger partial charge < -0.3 is 18.9 Å². The van der Waals surface area contributed by atoms with E-state index in [0.717, 1.165) is 0 Å². The van der Waals surface area contributed by atoms with Crippen LogP contribution in [0.15, 0.2) is 96.1 Å². The Hall–Kier alpha value is -4.86. The first-order valence-corrected chi connectivity index (χ1v) is 12.7. The van der Waals surface area contributed by atoms with E-state index in [1.807, 2.05) is 0 Å². The van der Waals surface area contributed by atoms with Gasteiger partial charge in [0.15, 0.2) is 6.61 Å². The van der Waals surface area contributed by atoms with Crippen LogP contribution in [-0.2, 0) is 4.79 Å². The maximum atomic E-state index is 12.8. The molecular formula is C30H22Cl2N2O7. The van der Waals surface area contributed by atoms with E-state index >= 15 is 0 Å². The SMILES string of the molecule is COc1ccc(OCC(=O)N/N=C\c2ccc(OC(=O)c3ccc(Cl)cc3)cc2OC(=O)c2ccc(Cl)cc2)cc1. The molecule has 41 heavy (non-hydrogen) atoms. The van der Waals surface area contributed by atoms with Crippen molar-refractivity contribution < 1.29 is 33.3 Å². The molecule has 0 fully saturated rings. The summed E-state index contributed by atoms with van der Waals surface area (Å²) in [5.41, 5.74) is 3.18. The summed E-state index contributed by atoms with van der Waals surface area (Å²) in [6, 6.07) is 23.4. The molecule has 0 aliphatic rings. The van der Waals surface area contributed by atoms with Gasteiger partial charge in [0, 0.05) is 21.7 Å². The van der Waals surface area contributed by atoms with Crippen molar-refractivity contribution in [3.63, 3.8) is 0 Å². The van der Waals surface area contributed by atoms with E-state index in [2.05, 4.69) is 10.5 Å². The molecule has 0 aliphatic carbocycles. The van der Waals surface area contributed by atoms with Crippen LogP contribution in [0.2, 0.25) is 10.0 Å². The van der Waals surface area contributed by atoms with Crippen LogP contribution in [0.4, 0.5) is 0 Å². The van der Waals surface area contributed by atoms with Gasteiger partial charge in [0.2, 0.25) is 0 Å². The van der Waals surface area contributed by atoms with Gasteiger partial charge in [0.25, 0.3) is 5.91 Å². The summed E-state index contributed by atoms with van der Waals surface area (Å²) in [6.07, 6.45) is 1.28. The molecule has 208 valence electrons. The molecule has 1 N–H and O–H groups in total. The quantitative estimate of drug-likeness (QED) is 0.104. The lowest BCUT2D eigenvalue weighted by atomic mass is 10.2. The van der Waals surface area contributed by atoms with Gasteiger partial charge in [-0.2, -0.15) is 5.10 Å². The van der Waals surface area contributed by atoms with Crippen molar-refractivity contribution in [2.75, 3.05) is 13.7 Å². The minimum Gasteiger partial charge on any atom is -0.497 e. The summed E-state index contributed by atoms with van der Waals surface area (Å²) >= 11 is 11.8. The van der Waals surface area contributed by atoms with Crippen LogP contribution in [0.1, 0.15) is 26.3 Å². The highest BCUT2D eigenvalue weighted by atomic mass is 35.5. The largest absolute Gasteiger partial charge is 0.497 e. The molecule has 9 nitrogen and oxygen atoms in total. The number of benzene rings is 4. The van der Waals surface area contributed by atoms with Gasteiger partial charge in [0.1, 0.15) is 23.0 Å². The van der Waals surface area contributed by atoms with Crippen LogP contribution in [-0.4, -0.2) is 37.8 Å². The molecule has 0 bridgehead atoms. The van der Waals surface area contributed by atoms with Gasteiger partial charge in [0.05, 0.1) is 24.5 Å². The van der Waals surface area contributed by atoms with E-state index in [0.29, 0.717) is 27.1 Å². The lowest BCUT2D eigenvalue weighted by Crippen LogP contribution is -2.24. The Morgan fingerprint density at radius 1 is 0.732 bits per heavy atom. The standard InChI is InChI=1S/C30H22Cl2N2O7/c1-38-24-12-14-25(15-13-24)39-18-28(35)34-33-17-21-6-11-26(40-29(36)19-2-7-22(31)8-3-19)16-27(21)41-30(37)20-4-9-23(32)10-5-20/h2-17H,18H2,1H3,(H,34,35)/b33-17-. The van der Waals surface area contributed by atoms with Gasteiger partial charge in [-0.3, -0.25) is 4.79 Å². The average molecular weight is 593 g/mol. The zero-order valence-corrected chi connectivity index (χ0v) is 23.0. The Balaban J connectivity index is 1.46. The number of carbonyl (C=O) groups excluding carboxylic acids is 3. The Kier molecular flexibility index (Phi) is 9.93. The first-order chi connectivity index (χ1) is 19.8. The minimum absolute atomic E-state index is 0.0267. The second-order valence-electron chi connectivity index (χ2n) is 8.25. The molecule has 0 heterocycles. The minimum atomic E-state index is -0.686. The van der Waals surface area contributed by atoms with E-state index in [-0.39, 0.29) is 29.2 Å². The molecule has 0 atom stereocenters. The maximum Gasteiger partial charge on any atom is 0.343 e. The Morgan fingerprint density at radius 3 is 1.85 bits per heavy atom. The van der Waals surface area contributed by atoms with Gasteiger partial charge in [-0.05, 0) is 84.9 Å². The first-order valence-electron chi connectivity index (χ1n) is 12.0. The zero-order valence-electron chi connectivity index (χ0n) is 21.5. The summed E-state index contributed by atoms with van der Waals surface area (Å²) < 4.78 is 21.5. The Morgan fingerprint density at radius 2 is 1.27 bits per heavy atom. The number of nitrogens with one attached hydrogen (secondary N) is 1. The highest BCUT2D eigenvalue weighted by Crippen LogP contribution is 2.26. The topological polar surface area (TPSA) is 113 Å². The van der Waals surface area contributed by atoms with E-state index in [1.165, 1.54) is 48.7 Å². The zero-order chi connectivity index (χ0) is 29.2. The molecule has 11 heteroatoms. The third-order valence-corrected chi connectivity index (χ3v) is 5.88. The van der Waals surface area contributed by atoms with E-state index in [1.54, 1.807) is 55.6 Å². The second kappa shape index (κ2) is 14.0. The number of hydrogen-bond acceptors (Lipinski definition) is 8. The fourth-order valence-electron chi connectivity index (χ4n) is 3.30. The van der Waals surface area contributed by atoms with Crippen LogP contribution in [0.5, 0.6) is 23.0 Å². The van der Waals surface area contributed by atoms with Crippen molar-refractivity contribution in [3.8, 4) is 23.0 Å². The number of halogens is 2. The van der Waals surface area contributed by atoms with E-state index in [9.17, 15) is 14.4 Å². The predicted molar refractivity (Wildman–Crippen MR) is 153 cm³/mol. The summed E-state index contributed by atoms with van der Waals surface area (Å²) in [5, 5.41) is 4.86. The normalized spacial score (nSPS) is 10.6. The number of ether oxygens (including phenoxy) is 4. The monoisotopic (exact) mass is 592 g/mol. The van der Waals surface area contributed by atoms with Crippen LogP contribution < -0.4 is 24.4 Å². The van der Waals surface area contributed by atoms with Crippen LogP contribution in [0.3, 0.4) is 0 Å². The summed E-state index contributed by atoms with van der Waals surface area (Å²) in [7, 11) is 1.55. The van der Waals surface area contributed by atoms with Crippen molar-refractivity contribution in [3.05, 3.63) is 118 Å². The Labute approximate surface area is 245 Å². The average Bonchev–Trinajstić information content (AvgIpc) is 2.98. The lowest BCUT2D eigenvalue weighted by molar-refractivity contribution is -0.123. The highest BCUT2D eigenvalue weighted by Gasteiger charge is 2.15. The number of hydrazone groups is 1. The number of carbonyl (C=O) groups is 3. The molecule has 0 saturated carbocycles. The van der Waals surface area contributed by atoms with Gasteiger partial charge >= 0.3 is 11.9 Å². The molecule has 0 unspecified atom stereocenters. The van der Waals surface area contributed by atoms with Gasteiger partial charge in [-0.1, -0.05) is 23.2 Å². The van der Waals surface area contributed by atoms with Crippen LogP contribution >= 0.6 is 23.2 Å². The van der Waals surface area contributed by atoms with Gasteiger partial charge in [-0.15, -0.1) is 0 Å². The fourth-order valence-corrected chi connectivity index (χ4v) is 3.55. The number of amides is 1. The number of nitrogens with zero attached hydrogens (tertiary/aromatic N) is 1. The number of esters is 2. The number of rotatable bonds is 10. The summed E-state index contributed by atoms with van der Waals surface area (Å²) in [5.74, 6) is -0.575. The molecule has 4 aromatic rings. The van der Waals surface area contributed by atoms with Crippen molar-refractivity contribution >= 4 is 47.3 Å². The number of methoxy groups -OCH3 is 1. The summed E-state index contributed by atoms with van der Waals surface area (Å²) in [6.45, 7) is -0.290. The molecule has 0 radical (unpaired) electrons. The summed E-state index contributed by atoms with van der Waals surface area (Å²) in [4.78, 5) is 37.5. The predicted octanol–water partition coefficient (Wildman–Crippen LogP) is 5.97. The number of hydrogen-bond donors (Lipinski definition) is 1.